The predicted octanol–water partition coefficient (Wildman–Crippen LogP) is -0.467. The Labute approximate surface area is 224 Å². The zero-order chi connectivity index (χ0) is 27.8. The molecule has 3 heterocycles. The Bertz CT molecular complexity index is 1250. The van der Waals surface area contributed by atoms with Crippen molar-refractivity contribution >= 4 is 23.7 Å². The minimum absolute atomic E-state index is 0.0612. The van der Waals surface area contributed by atoms with Crippen LogP contribution in [0.1, 0.15) is 29.8 Å². The van der Waals surface area contributed by atoms with E-state index in [0.717, 1.165) is 5.56 Å². The number of nitrogens with one attached hydrogen (secondary N) is 4. The maximum atomic E-state index is 13.5. The summed E-state index contributed by atoms with van der Waals surface area (Å²) in [6.07, 6.45) is 7.25. The summed E-state index contributed by atoms with van der Waals surface area (Å²) < 4.78 is 0. The normalized spacial score (nSPS) is 17.3. The third-order valence-electron chi connectivity index (χ3n) is 6.66. The average molecular weight is 537 g/mol. The number of aromatic amines is 2. The molecule has 0 saturated carbocycles. The van der Waals surface area contributed by atoms with E-state index in [4.69, 9.17) is 5.73 Å². The zero-order valence-electron chi connectivity index (χ0n) is 21.2. The van der Waals surface area contributed by atoms with E-state index >= 15 is 0 Å². The lowest BCUT2D eigenvalue weighted by Gasteiger charge is -2.28. The highest BCUT2D eigenvalue weighted by molar-refractivity contribution is 5.94. The van der Waals surface area contributed by atoms with Crippen LogP contribution in [0.25, 0.3) is 0 Å². The second kappa shape index (κ2) is 12.8. The van der Waals surface area contributed by atoms with Crippen molar-refractivity contribution in [3.8, 4) is 0 Å². The van der Waals surface area contributed by atoms with Gasteiger partial charge in [0, 0.05) is 43.2 Å². The Balaban J connectivity index is 1.51. The summed E-state index contributed by atoms with van der Waals surface area (Å²) in [6, 6.07) is 5.24. The molecule has 1 aliphatic heterocycles. The number of hydrogen-bond acceptors (Lipinski definition) is 7. The number of hydrogen-bond donors (Lipinski definition) is 6. The molecule has 0 aliphatic carbocycles. The highest BCUT2D eigenvalue weighted by Crippen LogP contribution is 2.19. The van der Waals surface area contributed by atoms with Crippen molar-refractivity contribution < 1.29 is 24.3 Å². The van der Waals surface area contributed by atoms with Crippen LogP contribution in [0, 0.1) is 0 Å². The molecule has 206 valence electrons. The van der Waals surface area contributed by atoms with Crippen LogP contribution in [0.5, 0.6) is 0 Å². The number of carboxylic acids is 1. The van der Waals surface area contributed by atoms with Gasteiger partial charge in [0.15, 0.2) is 0 Å². The summed E-state index contributed by atoms with van der Waals surface area (Å²) in [5, 5.41) is 15.0. The lowest BCUT2D eigenvalue weighted by Crippen LogP contribution is -2.58. The van der Waals surface area contributed by atoms with Gasteiger partial charge in [0.25, 0.3) is 0 Å². The lowest BCUT2D eigenvalue weighted by molar-refractivity contribution is -0.149. The van der Waals surface area contributed by atoms with Crippen LogP contribution in [0.3, 0.4) is 0 Å². The van der Waals surface area contributed by atoms with Crippen LogP contribution in [0.2, 0.25) is 0 Å². The summed E-state index contributed by atoms with van der Waals surface area (Å²) in [5.74, 6) is -2.76. The van der Waals surface area contributed by atoms with Gasteiger partial charge in [-0.15, -0.1) is 0 Å². The van der Waals surface area contributed by atoms with Gasteiger partial charge in [-0.3, -0.25) is 14.4 Å². The second-order valence-corrected chi connectivity index (χ2v) is 9.51. The molecule has 0 radical (unpaired) electrons. The first-order valence-corrected chi connectivity index (χ1v) is 12.7. The molecule has 1 saturated heterocycles. The molecule has 13 heteroatoms. The molecule has 1 aromatic carbocycles. The van der Waals surface area contributed by atoms with Gasteiger partial charge in [0.2, 0.25) is 17.7 Å². The molecular formula is C26H32N8O5. The van der Waals surface area contributed by atoms with Gasteiger partial charge in [-0.2, -0.15) is 0 Å². The standard InChI is InChI=1S/C26H32N8O5/c27-19(9-16-5-2-1-3-6-16)23(35)32-20(10-17-12-28-14-30-17)24(36)33-21(11-18-13-29-15-31-18)25(37)34-8-4-7-22(34)26(38)39/h1-3,5-6,12-15,19-22H,4,7-11,27H2,(H,28,30)(H,29,31)(H,32,35)(H,33,36)(H,38,39). The number of rotatable bonds is 12. The quantitative estimate of drug-likeness (QED) is 0.178. The first kappa shape index (κ1) is 27.5. The molecule has 3 amide bonds. The smallest absolute Gasteiger partial charge is 0.326 e. The predicted molar refractivity (Wildman–Crippen MR) is 139 cm³/mol. The fourth-order valence-electron chi connectivity index (χ4n) is 4.64. The number of aromatic nitrogens is 4. The van der Waals surface area contributed by atoms with E-state index in [1.54, 1.807) is 0 Å². The highest BCUT2D eigenvalue weighted by atomic mass is 16.4. The molecule has 0 bridgehead atoms. The third kappa shape index (κ3) is 7.29. The second-order valence-electron chi connectivity index (χ2n) is 9.51. The van der Waals surface area contributed by atoms with Gasteiger partial charge in [0.05, 0.1) is 18.7 Å². The number of aliphatic carboxylic acids is 1. The fourth-order valence-corrected chi connectivity index (χ4v) is 4.64. The third-order valence-corrected chi connectivity index (χ3v) is 6.66. The minimum Gasteiger partial charge on any atom is -0.480 e. The SMILES string of the molecule is NC(Cc1ccccc1)C(=O)NC(Cc1cnc[nH]1)C(=O)NC(Cc1cnc[nH]1)C(=O)N1CCCC1C(=O)O. The van der Waals surface area contributed by atoms with E-state index in [0.29, 0.717) is 24.2 Å². The average Bonchev–Trinajstić information content (AvgIpc) is 3.71. The van der Waals surface area contributed by atoms with E-state index < -0.39 is 47.9 Å². The highest BCUT2D eigenvalue weighted by Gasteiger charge is 2.38. The van der Waals surface area contributed by atoms with Crippen LogP contribution in [0.15, 0.2) is 55.4 Å². The van der Waals surface area contributed by atoms with E-state index in [-0.39, 0.29) is 25.8 Å². The molecule has 1 aliphatic rings. The zero-order valence-corrected chi connectivity index (χ0v) is 21.2. The van der Waals surface area contributed by atoms with Crippen molar-refractivity contribution in [1.29, 1.82) is 0 Å². The van der Waals surface area contributed by atoms with Gasteiger partial charge in [0.1, 0.15) is 18.1 Å². The fraction of sp³-hybridized carbons (Fsp3) is 0.385. The Morgan fingerprint density at radius 1 is 0.949 bits per heavy atom. The summed E-state index contributed by atoms with van der Waals surface area (Å²) in [4.78, 5) is 66.8. The number of nitrogens with two attached hydrogens (primary N) is 1. The maximum Gasteiger partial charge on any atom is 0.326 e. The Morgan fingerprint density at radius 2 is 1.56 bits per heavy atom. The number of benzene rings is 1. The first-order chi connectivity index (χ1) is 18.8. The number of amides is 3. The number of likely N-dealkylation sites (tertiary alicyclic amines) is 1. The minimum atomic E-state index is -1.09. The van der Waals surface area contributed by atoms with Gasteiger partial charge in [-0.25, -0.2) is 14.8 Å². The van der Waals surface area contributed by atoms with Gasteiger partial charge in [-0.05, 0) is 24.8 Å². The van der Waals surface area contributed by atoms with Crippen molar-refractivity contribution in [3.63, 3.8) is 0 Å². The van der Waals surface area contributed by atoms with E-state index in [2.05, 4.69) is 30.6 Å². The van der Waals surface area contributed by atoms with Crippen LogP contribution < -0.4 is 16.4 Å². The molecule has 4 unspecified atom stereocenters. The van der Waals surface area contributed by atoms with Crippen LogP contribution in [-0.2, 0) is 38.4 Å². The molecule has 13 nitrogen and oxygen atoms in total. The van der Waals surface area contributed by atoms with Crippen LogP contribution in [0.4, 0.5) is 0 Å². The van der Waals surface area contributed by atoms with E-state index in [9.17, 15) is 24.3 Å². The first-order valence-electron chi connectivity index (χ1n) is 12.7. The van der Waals surface area contributed by atoms with Crippen molar-refractivity contribution in [2.24, 2.45) is 5.73 Å². The summed E-state index contributed by atoms with van der Waals surface area (Å²) >= 11 is 0. The molecule has 3 aromatic rings. The van der Waals surface area contributed by atoms with E-state index in [1.807, 2.05) is 30.3 Å². The number of nitrogens with zero attached hydrogens (tertiary/aromatic N) is 3. The Kier molecular flexibility index (Phi) is 9.05. The number of imidazole rings is 2. The molecule has 2 aromatic heterocycles. The summed E-state index contributed by atoms with van der Waals surface area (Å²) in [5.41, 5.74) is 8.19. The molecule has 39 heavy (non-hydrogen) atoms. The van der Waals surface area contributed by atoms with Gasteiger partial charge >= 0.3 is 5.97 Å². The van der Waals surface area contributed by atoms with Crippen molar-refractivity contribution in [2.45, 2.75) is 56.3 Å². The Morgan fingerprint density at radius 3 is 2.15 bits per heavy atom. The van der Waals surface area contributed by atoms with Crippen molar-refractivity contribution in [3.05, 3.63) is 72.3 Å². The lowest BCUT2D eigenvalue weighted by atomic mass is 10.0. The number of carbonyl (C=O) groups excluding carboxylic acids is 3. The molecule has 0 spiro atoms. The molecule has 1 fully saturated rings. The number of H-pyrrole nitrogens is 2. The number of carbonyl (C=O) groups is 4. The monoisotopic (exact) mass is 536 g/mol. The number of carboxylic acid groups (broad SMARTS) is 1. The van der Waals surface area contributed by atoms with E-state index in [1.165, 1.54) is 29.9 Å². The van der Waals surface area contributed by atoms with Crippen molar-refractivity contribution in [2.75, 3.05) is 6.54 Å². The van der Waals surface area contributed by atoms with Crippen LogP contribution in [-0.4, -0.2) is 84.3 Å². The summed E-state index contributed by atoms with van der Waals surface area (Å²) in [7, 11) is 0. The molecule has 7 N–H and O–H groups in total. The largest absolute Gasteiger partial charge is 0.480 e. The van der Waals surface area contributed by atoms with Gasteiger partial charge in [-0.1, -0.05) is 30.3 Å². The topological polar surface area (TPSA) is 199 Å². The molecule has 4 rings (SSSR count). The van der Waals surface area contributed by atoms with Gasteiger partial charge < -0.3 is 36.3 Å². The molecule has 4 atom stereocenters. The Hall–Kier alpha value is -4.52. The van der Waals surface area contributed by atoms with Crippen LogP contribution >= 0.6 is 0 Å². The summed E-state index contributed by atoms with van der Waals surface area (Å²) in [6.45, 7) is 0.272. The maximum absolute atomic E-state index is 13.5. The molecular weight excluding hydrogens is 504 g/mol. The van der Waals surface area contributed by atoms with Crippen molar-refractivity contribution in [1.82, 2.24) is 35.5 Å².